The quantitative estimate of drug-likeness (QED) is 0.111. The van der Waals surface area contributed by atoms with Crippen molar-refractivity contribution >= 4 is 40.3 Å². The number of ketones is 2. The summed E-state index contributed by atoms with van der Waals surface area (Å²) in [5.74, 6) is -1.39. The lowest BCUT2D eigenvalue weighted by Gasteiger charge is -2.19. The maximum Gasteiger partial charge on any atom is 0.220 e. The summed E-state index contributed by atoms with van der Waals surface area (Å²) in [7, 11) is 0. The molecule has 0 aliphatic carbocycles. The Morgan fingerprint density at radius 1 is 0.789 bits per heavy atom. The van der Waals surface area contributed by atoms with Gasteiger partial charge in [0, 0.05) is 24.0 Å². The van der Waals surface area contributed by atoms with E-state index >= 15 is 0 Å². The standard InChI is InChI=1S/C30H54N2O5S/c1-6-7-8-9-10-11-12-13-14-15-16-17-28(36)32-25(22-27(31)35)26(34)20-23(2)18-19-24(33)21-29(37)38-30(3,4)5/h23,25H,6-22H2,1-5H3,(H2,31,35)(H,32,36)/t23-,25+/m0/s1. The Labute approximate surface area is 235 Å². The van der Waals surface area contributed by atoms with Gasteiger partial charge in [0.1, 0.15) is 5.78 Å². The van der Waals surface area contributed by atoms with E-state index in [1.807, 2.05) is 27.7 Å². The smallest absolute Gasteiger partial charge is 0.220 e. The van der Waals surface area contributed by atoms with Crippen LogP contribution in [0.5, 0.6) is 0 Å². The predicted molar refractivity (Wildman–Crippen MR) is 157 cm³/mol. The number of amides is 2. The van der Waals surface area contributed by atoms with E-state index in [1.54, 1.807) is 0 Å². The van der Waals surface area contributed by atoms with Crippen LogP contribution in [0.3, 0.4) is 0 Å². The normalized spacial score (nSPS) is 13.1. The highest BCUT2D eigenvalue weighted by atomic mass is 32.2. The summed E-state index contributed by atoms with van der Waals surface area (Å²) in [4.78, 5) is 60.9. The van der Waals surface area contributed by atoms with Crippen molar-refractivity contribution in [2.24, 2.45) is 11.7 Å². The first-order valence-corrected chi connectivity index (χ1v) is 15.5. The summed E-state index contributed by atoms with van der Waals surface area (Å²) in [5.41, 5.74) is 5.32. The van der Waals surface area contributed by atoms with Gasteiger partial charge in [-0.05, 0) is 18.8 Å². The van der Waals surface area contributed by atoms with Crippen LogP contribution in [0.2, 0.25) is 0 Å². The molecule has 0 aromatic rings. The molecule has 0 unspecified atom stereocenters. The number of rotatable bonds is 23. The van der Waals surface area contributed by atoms with Gasteiger partial charge >= 0.3 is 0 Å². The lowest BCUT2D eigenvalue weighted by atomic mass is 9.93. The van der Waals surface area contributed by atoms with Gasteiger partial charge in [-0.3, -0.25) is 24.0 Å². The van der Waals surface area contributed by atoms with E-state index in [0.717, 1.165) is 31.0 Å². The van der Waals surface area contributed by atoms with Gasteiger partial charge in [0.25, 0.3) is 0 Å². The van der Waals surface area contributed by atoms with E-state index in [-0.39, 0.29) is 58.9 Å². The van der Waals surface area contributed by atoms with Gasteiger partial charge in [0.05, 0.1) is 18.9 Å². The van der Waals surface area contributed by atoms with Crippen molar-refractivity contribution in [3.05, 3.63) is 0 Å². The maximum absolute atomic E-state index is 12.8. The number of primary amides is 1. The summed E-state index contributed by atoms with van der Waals surface area (Å²) in [5, 5.41) is 2.55. The van der Waals surface area contributed by atoms with Crippen molar-refractivity contribution in [1.82, 2.24) is 5.32 Å². The van der Waals surface area contributed by atoms with Gasteiger partial charge in [0.15, 0.2) is 10.9 Å². The molecule has 0 aromatic heterocycles. The van der Waals surface area contributed by atoms with Crippen LogP contribution >= 0.6 is 11.8 Å². The fourth-order valence-electron chi connectivity index (χ4n) is 4.28. The fraction of sp³-hybridized carbons (Fsp3) is 0.833. The predicted octanol–water partition coefficient (Wildman–Crippen LogP) is 6.44. The molecular formula is C30H54N2O5S. The van der Waals surface area contributed by atoms with E-state index in [2.05, 4.69) is 12.2 Å². The average molecular weight is 555 g/mol. The van der Waals surface area contributed by atoms with Crippen molar-refractivity contribution in [2.45, 2.75) is 155 Å². The third-order valence-corrected chi connectivity index (χ3v) is 7.35. The van der Waals surface area contributed by atoms with Crippen molar-refractivity contribution in [1.29, 1.82) is 0 Å². The molecule has 220 valence electrons. The number of hydrogen-bond acceptors (Lipinski definition) is 6. The fourth-order valence-corrected chi connectivity index (χ4v) is 5.20. The minimum absolute atomic E-state index is 0.109. The molecule has 0 aliphatic heterocycles. The second-order valence-corrected chi connectivity index (χ2v) is 13.6. The highest BCUT2D eigenvalue weighted by Crippen LogP contribution is 2.25. The molecule has 2 atom stereocenters. The highest BCUT2D eigenvalue weighted by molar-refractivity contribution is 8.14. The molecule has 0 spiro atoms. The third kappa shape index (κ3) is 22.3. The van der Waals surface area contributed by atoms with Crippen LogP contribution in [0, 0.1) is 5.92 Å². The average Bonchev–Trinajstić information content (AvgIpc) is 2.79. The molecule has 0 saturated heterocycles. The van der Waals surface area contributed by atoms with E-state index < -0.39 is 11.9 Å². The number of nitrogens with one attached hydrogen (secondary N) is 1. The Bertz CT molecular complexity index is 733. The molecule has 0 radical (unpaired) electrons. The van der Waals surface area contributed by atoms with Crippen LogP contribution in [0.1, 0.15) is 144 Å². The molecule has 0 saturated carbocycles. The lowest BCUT2D eigenvalue weighted by Crippen LogP contribution is -2.43. The molecule has 0 bridgehead atoms. The zero-order valence-electron chi connectivity index (χ0n) is 24.7. The molecule has 0 aliphatic rings. The van der Waals surface area contributed by atoms with E-state index in [0.29, 0.717) is 12.8 Å². The van der Waals surface area contributed by atoms with Gasteiger partial charge in [-0.2, -0.15) is 0 Å². The van der Waals surface area contributed by atoms with Gasteiger partial charge < -0.3 is 11.1 Å². The zero-order valence-corrected chi connectivity index (χ0v) is 25.5. The van der Waals surface area contributed by atoms with Crippen molar-refractivity contribution in [3.63, 3.8) is 0 Å². The molecule has 7 nitrogen and oxygen atoms in total. The number of hydrogen-bond donors (Lipinski definition) is 2. The second-order valence-electron chi connectivity index (χ2n) is 11.7. The molecule has 8 heteroatoms. The first-order valence-electron chi connectivity index (χ1n) is 14.7. The van der Waals surface area contributed by atoms with Crippen molar-refractivity contribution in [2.75, 3.05) is 0 Å². The molecular weight excluding hydrogens is 500 g/mol. The van der Waals surface area contributed by atoms with Crippen LogP contribution in [-0.4, -0.2) is 39.3 Å². The molecule has 3 N–H and O–H groups in total. The summed E-state index contributed by atoms with van der Waals surface area (Å²) in [6.07, 6.45) is 13.9. The largest absolute Gasteiger partial charge is 0.370 e. The summed E-state index contributed by atoms with van der Waals surface area (Å²) in [6.45, 7) is 9.85. The SMILES string of the molecule is CCCCCCCCCCCCCC(=O)N[C@H](CC(N)=O)C(=O)C[C@@H](C)CCC(=O)CC(=O)SC(C)(C)C. The van der Waals surface area contributed by atoms with Crippen molar-refractivity contribution in [3.8, 4) is 0 Å². The van der Waals surface area contributed by atoms with Gasteiger partial charge in [-0.15, -0.1) is 0 Å². The topological polar surface area (TPSA) is 123 Å². The number of Topliss-reactive ketones (excluding diaryl/α,β-unsaturated/α-hetero) is 2. The first-order chi connectivity index (χ1) is 17.8. The van der Waals surface area contributed by atoms with E-state index in [4.69, 9.17) is 5.73 Å². The Balaban J connectivity index is 4.30. The van der Waals surface area contributed by atoms with Gasteiger partial charge in [-0.1, -0.05) is 111 Å². The van der Waals surface area contributed by atoms with Crippen LogP contribution in [0.25, 0.3) is 0 Å². The van der Waals surface area contributed by atoms with Crippen LogP contribution in [-0.2, 0) is 24.0 Å². The lowest BCUT2D eigenvalue weighted by molar-refractivity contribution is -0.130. The number of unbranched alkanes of at least 4 members (excludes halogenated alkanes) is 10. The van der Waals surface area contributed by atoms with Gasteiger partial charge in [-0.25, -0.2) is 0 Å². The second kappa shape index (κ2) is 21.2. The molecule has 0 aromatic carbocycles. The number of carbonyl (C=O) groups excluding carboxylic acids is 5. The molecule has 38 heavy (non-hydrogen) atoms. The monoisotopic (exact) mass is 554 g/mol. The molecule has 0 fully saturated rings. The van der Waals surface area contributed by atoms with Crippen LogP contribution < -0.4 is 11.1 Å². The summed E-state index contributed by atoms with van der Waals surface area (Å²) >= 11 is 1.16. The maximum atomic E-state index is 12.8. The number of thioether (sulfide) groups is 1. The number of nitrogens with two attached hydrogens (primary N) is 1. The van der Waals surface area contributed by atoms with Crippen LogP contribution in [0.4, 0.5) is 0 Å². The third-order valence-electron chi connectivity index (χ3n) is 6.36. The molecule has 0 rings (SSSR count). The Morgan fingerprint density at radius 3 is 1.82 bits per heavy atom. The van der Waals surface area contributed by atoms with Crippen LogP contribution in [0.15, 0.2) is 0 Å². The Kier molecular flexibility index (Phi) is 20.2. The summed E-state index contributed by atoms with van der Waals surface area (Å²) < 4.78 is -0.232. The Hall–Kier alpha value is -1.70. The minimum atomic E-state index is -0.935. The summed E-state index contributed by atoms with van der Waals surface area (Å²) in [6, 6.07) is -0.935. The molecule has 2 amide bonds. The Morgan fingerprint density at radius 2 is 1.32 bits per heavy atom. The zero-order chi connectivity index (χ0) is 29.0. The van der Waals surface area contributed by atoms with E-state index in [9.17, 15) is 24.0 Å². The highest BCUT2D eigenvalue weighted by Gasteiger charge is 2.25. The first kappa shape index (κ1) is 36.3. The minimum Gasteiger partial charge on any atom is -0.370 e. The molecule has 0 heterocycles. The number of carbonyl (C=O) groups is 5. The van der Waals surface area contributed by atoms with Gasteiger partial charge in [0.2, 0.25) is 11.8 Å². The van der Waals surface area contributed by atoms with E-state index in [1.165, 1.54) is 51.4 Å². The van der Waals surface area contributed by atoms with Crippen molar-refractivity contribution < 1.29 is 24.0 Å².